The first-order valence-electron chi connectivity index (χ1n) is 11.0. The summed E-state index contributed by atoms with van der Waals surface area (Å²) in [6.45, 7) is 5.38. The normalized spacial score (nSPS) is 14.1. The molecule has 1 aliphatic heterocycles. The lowest BCUT2D eigenvalue weighted by atomic mass is 9.97. The SMILES string of the molecule is CC(C)C(=O)N1CCC(COc2ncc(-c3cccc(COC(=O)NC(=N)N)c3F)cn2)CC1. The van der Waals surface area contributed by atoms with E-state index in [0.29, 0.717) is 18.1 Å². The summed E-state index contributed by atoms with van der Waals surface area (Å²) in [6, 6.07) is 4.88. The number of nitrogens with zero attached hydrogens (tertiary/aromatic N) is 3. The molecular weight excluding hydrogens is 443 g/mol. The largest absolute Gasteiger partial charge is 0.463 e. The van der Waals surface area contributed by atoms with E-state index in [4.69, 9.17) is 20.6 Å². The van der Waals surface area contributed by atoms with E-state index in [1.54, 1.807) is 12.1 Å². The van der Waals surface area contributed by atoms with Gasteiger partial charge in [-0.1, -0.05) is 32.0 Å². The number of carbonyl (C=O) groups excluding carboxylic acids is 2. The summed E-state index contributed by atoms with van der Waals surface area (Å²) in [7, 11) is 0. The Morgan fingerprint density at radius 2 is 1.94 bits per heavy atom. The molecule has 2 aromatic rings. The quantitative estimate of drug-likeness (QED) is 0.415. The van der Waals surface area contributed by atoms with Gasteiger partial charge < -0.3 is 20.1 Å². The fraction of sp³-hybridized carbons (Fsp3) is 0.435. The number of carbonyl (C=O) groups is 2. The van der Waals surface area contributed by atoms with Crippen molar-refractivity contribution in [3.05, 3.63) is 42.0 Å². The van der Waals surface area contributed by atoms with Crippen LogP contribution in [-0.2, 0) is 16.1 Å². The summed E-state index contributed by atoms with van der Waals surface area (Å²) in [5.74, 6) is -0.637. The van der Waals surface area contributed by atoms with Crippen molar-refractivity contribution in [2.45, 2.75) is 33.3 Å². The maximum atomic E-state index is 14.9. The Balaban J connectivity index is 1.54. The lowest BCUT2D eigenvalue weighted by Crippen LogP contribution is -2.41. The van der Waals surface area contributed by atoms with Crippen molar-refractivity contribution in [1.29, 1.82) is 5.41 Å². The highest BCUT2D eigenvalue weighted by Gasteiger charge is 2.24. The Hall–Kier alpha value is -3.76. The Morgan fingerprint density at radius 3 is 2.56 bits per heavy atom. The number of rotatable bonds is 7. The highest BCUT2D eigenvalue weighted by atomic mass is 19.1. The molecule has 3 rings (SSSR count). The molecule has 0 aliphatic carbocycles. The minimum absolute atomic E-state index is 0.00370. The zero-order valence-electron chi connectivity index (χ0n) is 19.2. The van der Waals surface area contributed by atoms with Gasteiger partial charge in [-0.3, -0.25) is 15.5 Å². The molecule has 2 heterocycles. The number of nitrogens with one attached hydrogen (secondary N) is 2. The number of hydrogen-bond acceptors (Lipinski definition) is 7. The van der Waals surface area contributed by atoms with E-state index >= 15 is 0 Å². The Labute approximate surface area is 197 Å². The van der Waals surface area contributed by atoms with Gasteiger partial charge in [-0.25, -0.2) is 19.2 Å². The number of alkyl carbamates (subject to hydrolysis) is 1. The summed E-state index contributed by atoms with van der Waals surface area (Å²) in [6.07, 6.45) is 3.72. The van der Waals surface area contributed by atoms with Crippen LogP contribution >= 0.6 is 0 Å². The molecule has 0 spiro atoms. The molecule has 1 aromatic carbocycles. The first-order valence-corrected chi connectivity index (χ1v) is 11.0. The van der Waals surface area contributed by atoms with E-state index in [9.17, 15) is 14.0 Å². The summed E-state index contributed by atoms with van der Waals surface area (Å²) in [5, 5.41) is 8.95. The first-order chi connectivity index (χ1) is 16.2. The molecule has 1 saturated heterocycles. The van der Waals surface area contributed by atoms with Gasteiger partial charge in [0.1, 0.15) is 12.4 Å². The van der Waals surface area contributed by atoms with Crippen LogP contribution in [0.25, 0.3) is 11.1 Å². The van der Waals surface area contributed by atoms with Crippen LogP contribution in [0.5, 0.6) is 6.01 Å². The van der Waals surface area contributed by atoms with Crippen LogP contribution in [0.15, 0.2) is 30.6 Å². The van der Waals surface area contributed by atoms with E-state index < -0.39 is 17.9 Å². The van der Waals surface area contributed by atoms with Crippen LogP contribution in [0.3, 0.4) is 0 Å². The highest BCUT2D eigenvalue weighted by Crippen LogP contribution is 2.25. The maximum Gasteiger partial charge on any atom is 0.414 e. The predicted molar refractivity (Wildman–Crippen MR) is 122 cm³/mol. The molecule has 1 aromatic heterocycles. The molecule has 34 heavy (non-hydrogen) atoms. The lowest BCUT2D eigenvalue weighted by Gasteiger charge is -2.32. The number of likely N-dealkylation sites (tertiary alicyclic amines) is 1. The third kappa shape index (κ3) is 6.63. The van der Waals surface area contributed by atoms with Crippen LogP contribution in [0, 0.1) is 23.1 Å². The molecule has 1 aliphatic rings. The number of amides is 2. The molecule has 2 amide bonds. The van der Waals surface area contributed by atoms with Crippen molar-refractivity contribution in [1.82, 2.24) is 20.2 Å². The lowest BCUT2D eigenvalue weighted by molar-refractivity contribution is -0.136. The predicted octanol–water partition coefficient (Wildman–Crippen LogP) is 2.68. The minimum atomic E-state index is -0.945. The number of nitrogens with two attached hydrogens (primary N) is 1. The van der Waals surface area contributed by atoms with E-state index in [-0.39, 0.29) is 35.6 Å². The van der Waals surface area contributed by atoms with Crippen LogP contribution in [-0.4, -0.2) is 52.5 Å². The topological polar surface area (TPSA) is 144 Å². The van der Waals surface area contributed by atoms with E-state index in [1.807, 2.05) is 24.1 Å². The van der Waals surface area contributed by atoms with Gasteiger partial charge in [0, 0.05) is 48.1 Å². The second-order valence-corrected chi connectivity index (χ2v) is 8.38. The van der Waals surface area contributed by atoms with Gasteiger partial charge >= 0.3 is 12.1 Å². The van der Waals surface area contributed by atoms with Crippen molar-refractivity contribution in [2.75, 3.05) is 19.7 Å². The van der Waals surface area contributed by atoms with Gasteiger partial charge in [0.05, 0.1) is 6.61 Å². The monoisotopic (exact) mass is 472 g/mol. The van der Waals surface area contributed by atoms with Gasteiger partial charge in [0.15, 0.2) is 5.96 Å². The second-order valence-electron chi connectivity index (χ2n) is 8.38. The van der Waals surface area contributed by atoms with E-state index in [2.05, 4.69) is 9.97 Å². The van der Waals surface area contributed by atoms with Crippen LogP contribution in [0.2, 0.25) is 0 Å². The number of halogens is 1. The molecule has 0 bridgehead atoms. The summed E-state index contributed by atoms with van der Waals surface area (Å²) in [4.78, 5) is 33.8. The van der Waals surface area contributed by atoms with Crippen LogP contribution in [0.4, 0.5) is 9.18 Å². The van der Waals surface area contributed by atoms with Crippen molar-refractivity contribution in [3.63, 3.8) is 0 Å². The molecule has 4 N–H and O–H groups in total. The van der Waals surface area contributed by atoms with Crippen molar-refractivity contribution in [3.8, 4) is 17.1 Å². The zero-order chi connectivity index (χ0) is 24.7. The Morgan fingerprint density at radius 1 is 1.26 bits per heavy atom. The zero-order valence-corrected chi connectivity index (χ0v) is 19.2. The van der Waals surface area contributed by atoms with E-state index in [0.717, 1.165) is 25.9 Å². The molecule has 0 saturated carbocycles. The van der Waals surface area contributed by atoms with Gasteiger partial charge in [0.2, 0.25) is 5.91 Å². The number of guanidine groups is 1. The number of benzene rings is 1. The number of ether oxygens (including phenoxy) is 2. The van der Waals surface area contributed by atoms with Crippen molar-refractivity contribution >= 4 is 18.0 Å². The summed E-state index contributed by atoms with van der Waals surface area (Å²) < 4.78 is 25.5. The third-order valence-electron chi connectivity index (χ3n) is 5.48. The summed E-state index contributed by atoms with van der Waals surface area (Å²) in [5.41, 5.74) is 5.90. The Kier molecular flexibility index (Phi) is 8.34. The fourth-order valence-electron chi connectivity index (χ4n) is 3.61. The van der Waals surface area contributed by atoms with Crippen LogP contribution in [0.1, 0.15) is 32.3 Å². The highest BCUT2D eigenvalue weighted by molar-refractivity contribution is 5.90. The number of hydrogen-bond donors (Lipinski definition) is 3. The van der Waals surface area contributed by atoms with Crippen LogP contribution < -0.4 is 15.8 Å². The number of aromatic nitrogens is 2. The second kappa shape index (κ2) is 11.4. The molecule has 1 fully saturated rings. The fourth-order valence-corrected chi connectivity index (χ4v) is 3.61. The molecule has 10 nitrogen and oxygen atoms in total. The molecule has 11 heteroatoms. The van der Waals surface area contributed by atoms with Gasteiger partial charge in [-0.15, -0.1) is 0 Å². The number of piperidine rings is 1. The molecule has 182 valence electrons. The summed E-state index contributed by atoms with van der Waals surface area (Å²) >= 11 is 0. The van der Waals surface area contributed by atoms with Crippen molar-refractivity contribution < 1.29 is 23.5 Å². The average Bonchev–Trinajstić information content (AvgIpc) is 2.82. The maximum absolute atomic E-state index is 14.9. The average molecular weight is 473 g/mol. The van der Waals surface area contributed by atoms with Gasteiger partial charge in [-0.2, -0.15) is 0 Å². The van der Waals surface area contributed by atoms with Gasteiger partial charge in [0.25, 0.3) is 0 Å². The third-order valence-corrected chi connectivity index (χ3v) is 5.48. The minimum Gasteiger partial charge on any atom is -0.463 e. The Bertz CT molecular complexity index is 1020. The molecule has 0 radical (unpaired) electrons. The standard InChI is InChI=1S/C23H29FN6O4/c1-14(2)20(31)30-8-6-15(7-9-30)12-33-22-27-10-17(11-28-22)18-5-3-4-16(19(18)24)13-34-23(32)29-21(25)26/h3-5,10-11,14-15H,6-9,12-13H2,1-2H3,(H4,25,26,29,32). The van der Waals surface area contributed by atoms with E-state index in [1.165, 1.54) is 18.5 Å². The molecular formula is C23H29FN6O4. The molecule has 0 atom stereocenters. The smallest absolute Gasteiger partial charge is 0.414 e. The molecule has 0 unspecified atom stereocenters. The van der Waals surface area contributed by atoms with Gasteiger partial charge in [-0.05, 0) is 18.8 Å². The van der Waals surface area contributed by atoms with Crippen molar-refractivity contribution in [2.24, 2.45) is 17.6 Å². The first kappa shape index (κ1) is 24.9.